The van der Waals surface area contributed by atoms with Gasteiger partial charge in [-0.3, -0.25) is 0 Å². The van der Waals surface area contributed by atoms with Crippen molar-refractivity contribution in [3.8, 4) is 11.5 Å². The fourth-order valence-electron chi connectivity index (χ4n) is 2.62. The van der Waals surface area contributed by atoms with Gasteiger partial charge in [-0.15, -0.1) is 0 Å². The minimum absolute atomic E-state index is 0.329. The molecule has 1 saturated heterocycles. The lowest BCUT2D eigenvalue weighted by atomic mass is 10.1. The predicted octanol–water partition coefficient (Wildman–Crippen LogP) is 1.27. The molecule has 2 heterocycles. The number of rotatable bonds is 5. The van der Waals surface area contributed by atoms with Crippen LogP contribution in [-0.4, -0.2) is 38.6 Å². The normalized spacial score (nSPS) is 22.8. The van der Waals surface area contributed by atoms with Gasteiger partial charge in [0.15, 0.2) is 11.5 Å². The van der Waals surface area contributed by atoms with Crippen LogP contribution >= 0.6 is 0 Å². The first kappa shape index (κ1) is 13.7. The monoisotopic (exact) mass is 278 g/mol. The van der Waals surface area contributed by atoms with Gasteiger partial charge in [-0.05, 0) is 31.0 Å². The summed E-state index contributed by atoms with van der Waals surface area (Å²) in [7, 11) is 0. The molecule has 110 valence electrons. The van der Waals surface area contributed by atoms with Gasteiger partial charge in [0.25, 0.3) is 0 Å². The summed E-state index contributed by atoms with van der Waals surface area (Å²) in [6, 6.07) is 7.00. The lowest BCUT2D eigenvalue weighted by molar-refractivity contribution is 0.0712. The summed E-state index contributed by atoms with van der Waals surface area (Å²) in [4.78, 5) is 0. The third kappa shape index (κ3) is 3.42. The van der Waals surface area contributed by atoms with Gasteiger partial charge in [0.2, 0.25) is 6.79 Å². The van der Waals surface area contributed by atoms with E-state index in [1.54, 1.807) is 0 Å². The summed E-state index contributed by atoms with van der Waals surface area (Å²) in [6.45, 7) is 5.98. The topological polar surface area (TPSA) is 51.8 Å². The highest BCUT2D eigenvalue weighted by atomic mass is 16.7. The van der Waals surface area contributed by atoms with Crippen LogP contribution in [0.5, 0.6) is 11.5 Å². The van der Waals surface area contributed by atoms with E-state index >= 15 is 0 Å². The Balaban J connectivity index is 1.46. The molecular formula is C15H22N2O3. The highest BCUT2D eigenvalue weighted by Gasteiger charge is 2.17. The summed E-state index contributed by atoms with van der Waals surface area (Å²) >= 11 is 0. The van der Waals surface area contributed by atoms with E-state index in [0.717, 1.165) is 44.2 Å². The first-order chi connectivity index (χ1) is 9.81. The van der Waals surface area contributed by atoms with E-state index in [1.165, 1.54) is 5.56 Å². The molecule has 0 spiro atoms. The lowest BCUT2D eigenvalue weighted by Crippen LogP contribution is -2.44. The minimum Gasteiger partial charge on any atom is -0.454 e. The Morgan fingerprint density at radius 3 is 3.10 bits per heavy atom. The van der Waals surface area contributed by atoms with Crippen molar-refractivity contribution >= 4 is 0 Å². The number of fused-ring (bicyclic) bond motifs is 1. The standard InChI is InChI=1S/C15H22N2O3/c1-11(6-13-9-18-5-4-16-13)17-8-12-2-3-14-15(7-12)20-10-19-14/h2-3,7,11,13,16-17H,4-6,8-10H2,1H3. The summed E-state index contributed by atoms with van der Waals surface area (Å²) in [5.41, 5.74) is 1.22. The second-order valence-corrected chi connectivity index (χ2v) is 5.43. The number of nitrogens with one attached hydrogen (secondary N) is 2. The maximum atomic E-state index is 5.48. The molecule has 20 heavy (non-hydrogen) atoms. The molecule has 1 aromatic carbocycles. The Kier molecular flexibility index (Phi) is 4.40. The van der Waals surface area contributed by atoms with E-state index in [2.05, 4.69) is 23.6 Å². The van der Waals surface area contributed by atoms with Crippen LogP contribution in [0.4, 0.5) is 0 Å². The zero-order valence-electron chi connectivity index (χ0n) is 11.9. The summed E-state index contributed by atoms with van der Waals surface area (Å²) in [5.74, 6) is 1.68. The van der Waals surface area contributed by atoms with Crippen molar-refractivity contribution in [3.63, 3.8) is 0 Å². The van der Waals surface area contributed by atoms with Gasteiger partial charge >= 0.3 is 0 Å². The zero-order chi connectivity index (χ0) is 13.8. The smallest absolute Gasteiger partial charge is 0.231 e. The van der Waals surface area contributed by atoms with Gasteiger partial charge in [0.1, 0.15) is 0 Å². The van der Waals surface area contributed by atoms with Crippen molar-refractivity contribution in [2.45, 2.75) is 32.0 Å². The van der Waals surface area contributed by atoms with Crippen LogP contribution in [0.15, 0.2) is 18.2 Å². The van der Waals surface area contributed by atoms with E-state index in [1.807, 2.05) is 12.1 Å². The second kappa shape index (κ2) is 6.43. The highest BCUT2D eigenvalue weighted by Crippen LogP contribution is 2.32. The molecule has 5 heteroatoms. The Morgan fingerprint density at radius 1 is 1.35 bits per heavy atom. The molecule has 2 N–H and O–H groups in total. The van der Waals surface area contributed by atoms with Crippen molar-refractivity contribution in [2.75, 3.05) is 26.6 Å². The molecule has 5 nitrogen and oxygen atoms in total. The first-order valence-electron chi connectivity index (χ1n) is 7.24. The number of hydrogen-bond donors (Lipinski definition) is 2. The van der Waals surface area contributed by atoms with E-state index in [4.69, 9.17) is 14.2 Å². The molecule has 1 fully saturated rings. The molecular weight excluding hydrogens is 256 g/mol. The molecule has 0 bridgehead atoms. The Hall–Kier alpha value is -1.30. The number of ether oxygens (including phenoxy) is 3. The Morgan fingerprint density at radius 2 is 2.25 bits per heavy atom. The van der Waals surface area contributed by atoms with Crippen LogP contribution in [0.2, 0.25) is 0 Å². The van der Waals surface area contributed by atoms with E-state index in [0.29, 0.717) is 18.9 Å². The van der Waals surface area contributed by atoms with E-state index in [-0.39, 0.29) is 0 Å². The molecule has 2 aliphatic heterocycles. The largest absolute Gasteiger partial charge is 0.454 e. The summed E-state index contributed by atoms with van der Waals surface area (Å²) in [5, 5.41) is 7.03. The van der Waals surface area contributed by atoms with Gasteiger partial charge in [-0.2, -0.15) is 0 Å². The third-order valence-electron chi connectivity index (χ3n) is 3.73. The predicted molar refractivity (Wildman–Crippen MR) is 76.1 cm³/mol. The van der Waals surface area contributed by atoms with Crippen LogP contribution in [0.25, 0.3) is 0 Å². The SMILES string of the molecule is CC(CC1COCCN1)NCc1ccc2c(c1)OCO2. The van der Waals surface area contributed by atoms with Gasteiger partial charge < -0.3 is 24.8 Å². The molecule has 2 unspecified atom stereocenters. The Labute approximate surface area is 119 Å². The van der Waals surface area contributed by atoms with Crippen LogP contribution < -0.4 is 20.1 Å². The second-order valence-electron chi connectivity index (χ2n) is 5.43. The number of morpholine rings is 1. The average Bonchev–Trinajstić information content (AvgIpc) is 2.93. The molecule has 3 rings (SSSR count). The Bertz CT molecular complexity index is 447. The number of hydrogen-bond acceptors (Lipinski definition) is 5. The van der Waals surface area contributed by atoms with Gasteiger partial charge in [-0.25, -0.2) is 0 Å². The van der Waals surface area contributed by atoms with E-state index in [9.17, 15) is 0 Å². The van der Waals surface area contributed by atoms with Crippen molar-refractivity contribution in [2.24, 2.45) is 0 Å². The van der Waals surface area contributed by atoms with Crippen molar-refractivity contribution < 1.29 is 14.2 Å². The third-order valence-corrected chi connectivity index (χ3v) is 3.73. The van der Waals surface area contributed by atoms with Crippen LogP contribution in [0, 0.1) is 0 Å². The quantitative estimate of drug-likeness (QED) is 0.849. The van der Waals surface area contributed by atoms with Crippen LogP contribution in [0.3, 0.4) is 0 Å². The van der Waals surface area contributed by atoms with Crippen LogP contribution in [0.1, 0.15) is 18.9 Å². The van der Waals surface area contributed by atoms with Gasteiger partial charge in [0.05, 0.1) is 13.2 Å². The number of benzene rings is 1. The summed E-state index contributed by atoms with van der Waals surface area (Å²) in [6.07, 6.45) is 1.07. The molecule has 2 aliphatic rings. The average molecular weight is 278 g/mol. The molecule has 1 aromatic rings. The molecule has 0 amide bonds. The molecule has 0 radical (unpaired) electrons. The highest BCUT2D eigenvalue weighted by molar-refractivity contribution is 5.44. The zero-order valence-corrected chi connectivity index (χ0v) is 11.9. The maximum Gasteiger partial charge on any atom is 0.231 e. The molecule has 0 aromatic heterocycles. The molecule has 0 aliphatic carbocycles. The first-order valence-corrected chi connectivity index (χ1v) is 7.24. The molecule has 0 saturated carbocycles. The van der Waals surface area contributed by atoms with Gasteiger partial charge in [-0.1, -0.05) is 6.07 Å². The fourth-order valence-corrected chi connectivity index (χ4v) is 2.62. The van der Waals surface area contributed by atoms with Crippen LogP contribution in [-0.2, 0) is 11.3 Å². The van der Waals surface area contributed by atoms with E-state index < -0.39 is 0 Å². The fraction of sp³-hybridized carbons (Fsp3) is 0.600. The minimum atomic E-state index is 0.329. The molecule has 2 atom stereocenters. The van der Waals surface area contributed by atoms with Crippen molar-refractivity contribution in [1.29, 1.82) is 0 Å². The van der Waals surface area contributed by atoms with Gasteiger partial charge in [0, 0.05) is 25.2 Å². The van der Waals surface area contributed by atoms with Crippen molar-refractivity contribution in [1.82, 2.24) is 10.6 Å². The van der Waals surface area contributed by atoms with Crippen molar-refractivity contribution in [3.05, 3.63) is 23.8 Å². The maximum absolute atomic E-state index is 5.48. The summed E-state index contributed by atoms with van der Waals surface area (Å²) < 4.78 is 16.2. The lowest BCUT2D eigenvalue weighted by Gasteiger charge is -2.26.